The summed E-state index contributed by atoms with van der Waals surface area (Å²) < 4.78 is 5.60. The molecule has 0 radical (unpaired) electrons. The number of ether oxygens (including phenoxy) is 1. The molecule has 0 unspecified atom stereocenters. The van der Waals surface area contributed by atoms with Gasteiger partial charge in [-0.05, 0) is 55.0 Å². The third-order valence-corrected chi connectivity index (χ3v) is 5.74. The van der Waals surface area contributed by atoms with Gasteiger partial charge >= 0.3 is 0 Å². The Balaban J connectivity index is 1.41. The summed E-state index contributed by atoms with van der Waals surface area (Å²) in [5, 5.41) is 6.55. The van der Waals surface area contributed by atoms with Crippen LogP contribution in [0.4, 0.5) is 17.1 Å². The van der Waals surface area contributed by atoms with Crippen LogP contribution in [0.25, 0.3) is 0 Å². The van der Waals surface area contributed by atoms with Crippen molar-refractivity contribution in [1.82, 2.24) is 0 Å². The van der Waals surface area contributed by atoms with Crippen LogP contribution in [0.5, 0.6) is 5.75 Å². The molecule has 35 heavy (non-hydrogen) atoms. The molecule has 0 saturated heterocycles. The number of ketones is 1. The smallest absolute Gasteiger partial charge is 0.227 e. The van der Waals surface area contributed by atoms with Gasteiger partial charge in [0, 0.05) is 16.8 Å². The highest BCUT2D eigenvalue weighted by molar-refractivity contribution is 6.35. The fourth-order valence-corrected chi connectivity index (χ4v) is 3.86. The van der Waals surface area contributed by atoms with Crippen LogP contribution in [0.15, 0.2) is 97.1 Å². The van der Waals surface area contributed by atoms with Crippen molar-refractivity contribution in [3.05, 3.63) is 119 Å². The van der Waals surface area contributed by atoms with Crippen LogP contribution in [-0.4, -0.2) is 18.3 Å². The number of anilines is 3. The number of carbonyl (C=O) groups is 2. The minimum atomic E-state index is -0.160. The normalized spacial score (nSPS) is 10.5. The van der Waals surface area contributed by atoms with Gasteiger partial charge in [0.1, 0.15) is 5.75 Å². The quantitative estimate of drug-likeness (QED) is 0.250. The maximum Gasteiger partial charge on any atom is 0.227 e. The summed E-state index contributed by atoms with van der Waals surface area (Å²) in [6.45, 7) is 2.17. The number of halogens is 1. The second-order valence-corrected chi connectivity index (χ2v) is 8.38. The summed E-state index contributed by atoms with van der Waals surface area (Å²) in [7, 11) is 0. The topological polar surface area (TPSA) is 67.4 Å². The van der Waals surface area contributed by atoms with Crippen LogP contribution in [0, 0.1) is 6.92 Å². The molecule has 0 saturated carbocycles. The molecule has 0 atom stereocenters. The Morgan fingerprint density at radius 2 is 1.49 bits per heavy atom. The van der Waals surface area contributed by atoms with Crippen molar-refractivity contribution in [2.24, 2.45) is 0 Å². The van der Waals surface area contributed by atoms with E-state index in [2.05, 4.69) is 10.6 Å². The van der Waals surface area contributed by atoms with Gasteiger partial charge in [0.2, 0.25) is 5.91 Å². The molecule has 4 aromatic carbocycles. The third kappa shape index (κ3) is 6.28. The van der Waals surface area contributed by atoms with Gasteiger partial charge in [-0.15, -0.1) is 0 Å². The lowest BCUT2D eigenvalue weighted by molar-refractivity contribution is -0.116. The van der Waals surface area contributed by atoms with Gasteiger partial charge in [0.05, 0.1) is 29.4 Å². The van der Waals surface area contributed by atoms with Crippen molar-refractivity contribution >= 4 is 40.4 Å². The number of carbonyl (C=O) groups excluding carboxylic acids is 2. The molecule has 6 heteroatoms. The van der Waals surface area contributed by atoms with E-state index in [1.807, 2.05) is 79.7 Å². The number of hydrogen-bond acceptors (Lipinski definition) is 4. The SMILES string of the molecule is Cc1ccccc1C(=O)c1ccc(Nc2ccccc2NC(=O)CCOc2ccccc2)cc1Cl. The van der Waals surface area contributed by atoms with E-state index in [-0.39, 0.29) is 24.7 Å². The van der Waals surface area contributed by atoms with Gasteiger partial charge in [-0.25, -0.2) is 0 Å². The number of amides is 1. The lowest BCUT2D eigenvalue weighted by atomic mass is 9.99. The average molecular weight is 485 g/mol. The minimum Gasteiger partial charge on any atom is -0.493 e. The molecule has 176 valence electrons. The van der Waals surface area contributed by atoms with Crippen LogP contribution < -0.4 is 15.4 Å². The van der Waals surface area contributed by atoms with Crippen molar-refractivity contribution in [2.75, 3.05) is 17.2 Å². The molecule has 1 amide bonds. The molecular formula is C29H25ClN2O3. The van der Waals surface area contributed by atoms with Gasteiger partial charge in [-0.1, -0.05) is 66.2 Å². The zero-order valence-corrected chi connectivity index (χ0v) is 20.0. The maximum atomic E-state index is 12.9. The highest BCUT2D eigenvalue weighted by Gasteiger charge is 2.15. The third-order valence-electron chi connectivity index (χ3n) is 5.42. The molecule has 4 aromatic rings. The van der Waals surface area contributed by atoms with Crippen LogP contribution >= 0.6 is 11.6 Å². The first kappa shape index (κ1) is 24.0. The second-order valence-electron chi connectivity index (χ2n) is 7.97. The number of para-hydroxylation sites is 3. The van der Waals surface area contributed by atoms with Crippen molar-refractivity contribution in [1.29, 1.82) is 0 Å². The van der Waals surface area contributed by atoms with Crippen molar-refractivity contribution in [3.8, 4) is 5.75 Å². The van der Waals surface area contributed by atoms with E-state index in [9.17, 15) is 9.59 Å². The number of rotatable bonds is 9. The molecule has 0 fully saturated rings. The second kappa shape index (κ2) is 11.4. The van der Waals surface area contributed by atoms with Crippen molar-refractivity contribution < 1.29 is 14.3 Å². The predicted molar refractivity (Wildman–Crippen MR) is 141 cm³/mol. The Morgan fingerprint density at radius 1 is 0.800 bits per heavy atom. The van der Waals surface area contributed by atoms with Gasteiger partial charge in [-0.2, -0.15) is 0 Å². The first-order valence-corrected chi connectivity index (χ1v) is 11.6. The first-order valence-electron chi connectivity index (χ1n) is 11.2. The largest absolute Gasteiger partial charge is 0.493 e. The van der Waals surface area contributed by atoms with Crippen LogP contribution in [0.3, 0.4) is 0 Å². The van der Waals surface area contributed by atoms with Crippen molar-refractivity contribution in [3.63, 3.8) is 0 Å². The molecule has 0 aliphatic heterocycles. The minimum absolute atomic E-state index is 0.120. The van der Waals surface area contributed by atoms with Crippen LogP contribution in [0.1, 0.15) is 27.9 Å². The first-order chi connectivity index (χ1) is 17.0. The molecule has 4 rings (SSSR count). The number of benzene rings is 4. The molecule has 0 bridgehead atoms. The van der Waals surface area contributed by atoms with Crippen LogP contribution in [-0.2, 0) is 4.79 Å². The van der Waals surface area contributed by atoms with E-state index < -0.39 is 0 Å². The van der Waals surface area contributed by atoms with Crippen LogP contribution in [0.2, 0.25) is 5.02 Å². The molecule has 2 N–H and O–H groups in total. The Morgan fingerprint density at radius 3 is 2.23 bits per heavy atom. The van der Waals surface area contributed by atoms with Gasteiger partial charge in [0.25, 0.3) is 0 Å². The molecule has 0 aliphatic rings. The fourth-order valence-electron chi connectivity index (χ4n) is 3.60. The van der Waals surface area contributed by atoms with E-state index in [1.54, 1.807) is 24.3 Å². The summed E-state index contributed by atoms with van der Waals surface area (Å²) >= 11 is 6.48. The molecular weight excluding hydrogens is 460 g/mol. The zero-order valence-electron chi connectivity index (χ0n) is 19.3. The van der Waals surface area contributed by atoms with E-state index >= 15 is 0 Å². The van der Waals surface area contributed by atoms with E-state index in [0.29, 0.717) is 33.2 Å². The summed E-state index contributed by atoms with van der Waals surface area (Å²) in [6, 6.07) is 29.4. The monoisotopic (exact) mass is 484 g/mol. The molecule has 0 heterocycles. The highest BCUT2D eigenvalue weighted by atomic mass is 35.5. The van der Waals surface area contributed by atoms with E-state index in [0.717, 1.165) is 11.3 Å². The highest BCUT2D eigenvalue weighted by Crippen LogP contribution is 2.29. The summed E-state index contributed by atoms with van der Waals surface area (Å²) in [5.41, 5.74) is 4.00. The molecule has 0 aromatic heterocycles. The average Bonchev–Trinajstić information content (AvgIpc) is 2.86. The number of hydrogen-bond donors (Lipinski definition) is 2. The van der Waals surface area contributed by atoms with Crippen molar-refractivity contribution in [2.45, 2.75) is 13.3 Å². The molecule has 5 nitrogen and oxygen atoms in total. The Hall–Kier alpha value is -4.09. The number of aryl methyl sites for hydroxylation is 1. The lowest BCUT2D eigenvalue weighted by Crippen LogP contribution is -2.16. The Bertz CT molecular complexity index is 1340. The van der Waals surface area contributed by atoms with Gasteiger partial charge in [-0.3, -0.25) is 9.59 Å². The number of nitrogens with one attached hydrogen (secondary N) is 2. The van der Waals surface area contributed by atoms with Gasteiger partial charge in [0.15, 0.2) is 5.78 Å². The standard InChI is InChI=1S/C29H25ClN2O3/c1-20-9-5-6-12-23(20)29(34)24-16-15-21(19-25(24)30)31-26-13-7-8-14-27(26)32-28(33)17-18-35-22-10-3-2-4-11-22/h2-16,19,31H,17-18H2,1H3,(H,32,33). The van der Waals surface area contributed by atoms with Gasteiger partial charge < -0.3 is 15.4 Å². The van der Waals surface area contributed by atoms with E-state index in [1.165, 1.54) is 0 Å². The lowest BCUT2D eigenvalue weighted by Gasteiger charge is -2.14. The molecule has 0 aliphatic carbocycles. The fraction of sp³-hybridized carbons (Fsp3) is 0.103. The maximum absolute atomic E-state index is 12.9. The predicted octanol–water partition coefficient (Wildman–Crippen LogP) is 7.03. The molecule has 0 spiro atoms. The zero-order chi connectivity index (χ0) is 24.6. The summed E-state index contributed by atoms with van der Waals surface area (Å²) in [5.74, 6) is 0.445. The Kier molecular flexibility index (Phi) is 7.81. The Labute approximate surface area is 209 Å². The summed E-state index contributed by atoms with van der Waals surface area (Å²) in [4.78, 5) is 25.4. The van der Waals surface area contributed by atoms with E-state index in [4.69, 9.17) is 16.3 Å². The summed E-state index contributed by atoms with van der Waals surface area (Å²) in [6.07, 6.45) is 0.213.